The lowest BCUT2D eigenvalue weighted by Gasteiger charge is -2.13. The molecule has 92 valence electrons. The lowest BCUT2D eigenvalue weighted by atomic mass is 10.1. The number of aryl methyl sites for hydroxylation is 1. The number of aliphatic carboxylic acids is 1. The van der Waals surface area contributed by atoms with Gasteiger partial charge >= 0.3 is 5.97 Å². The van der Waals surface area contributed by atoms with E-state index in [-0.39, 0.29) is 12.0 Å². The van der Waals surface area contributed by atoms with E-state index >= 15 is 0 Å². The molecule has 0 fully saturated rings. The molecule has 1 unspecified atom stereocenters. The molecule has 2 N–H and O–H groups in total. The Balaban J connectivity index is 2.94. The van der Waals surface area contributed by atoms with Gasteiger partial charge in [-0.1, -0.05) is 19.1 Å². The number of hydrogen-bond donors (Lipinski definition) is 2. The van der Waals surface area contributed by atoms with Crippen molar-refractivity contribution in [3.8, 4) is 0 Å². The van der Waals surface area contributed by atoms with Crippen LogP contribution >= 0.6 is 0 Å². The molecule has 0 aliphatic carbocycles. The molecule has 1 atom stereocenters. The molecule has 1 rings (SSSR count). The molecule has 17 heavy (non-hydrogen) atoms. The first-order valence-corrected chi connectivity index (χ1v) is 5.26. The second-order valence-electron chi connectivity index (χ2n) is 3.70. The van der Waals surface area contributed by atoms with E-state index in [1.165, 1.54) is 12.1 Å². The first kappa shape index (κ1) is 13.2. The van der Waals surface area contributed by atoms with Gasteiger partial charge in [0, 0.05) is 0 Å². The van der Waals surface area contributed by atoms with Crippen molar-refractivity contribution in [3.05, 3.63) is 35.1 Å². The quantitative estimate of drug-likeness (QED) is 0.840. The van der Waals surface area contributed by atoms with Crippen molar-refractivity contribution in [2.75, 3.05) is 0 Å². The van der Waals surface area contributed by atoms with Crippen molar-refractivity contribution in [2.45, 2.75) is 26.3 Å². The van der Waals surface area contributed by atoms with Gasteiger partial charge in [-0.3, -0.25) is 4.79 Å². The Morgan fingerprint density at radius 3 is 2.59 bits per heavy atom. The fourth-order valence-electron chi connectivity index (χ4n) is 1.49. The smallest absolute Gasteiger partial charge is 0.326 e. The van der Waals surface area contributed by atoms with Gasteiger partial charge in [-0.2, -0.15) is 0 Å². The third kappa shape index (κ3) is 3.03. The topological polar surface area (TPSA) is 66.4 Å². The van der Waals surface area contributed by atoms with Gasteiger partial charge in [0.15, 0.2) is 0 Å². The van der Waals surface area contributed by atoms with Gasteiger partial charge in [0.05, 0.1) is 5.56 Å². The van der Waals surface area contributed by atoms with Crippen LogP contribution in [0.3, 0.4) is 0 Å². The third-order valence-electron chi connectivity index (χ3n) is 2.46. The Hall–Kier alpha value is -1.91. The molecule has 0 saturated heterocycles. The van der Waals surface area contributed by atoms with Gasteiger partial charge < -0.3 is 10.4 Å². The average molecular weight is 239 g/mol. The number of benzene rings is 1. The van der Waals surface area contributed by atoms with Crippen molar-refractivity contribution in [1.29, 1.82) is 0 Å². The second-order valence-corrected chi connectivity index (χ2v) is 3.70. The first-order chi connectivity index (χ1) is 7.97. The molecule has 0 aliphatic rings. The Morgan fingerprint density at radius 1 is 1.47 bits per heavy atom. The van der Waals surface area contributed by atoms with Gasteiger partial charge in [0.2, 0.25) is 0 Å². The maximum atomic E-state index is 13.4. The van der Waals surface area contributed by atoms with Crippen LogP contribution < -0.4 is 5.32 Å². The summed E-state index contributed by atoms with van der Waals surface area (Å²) in [5.74, 6) is -2.48. The van der Waals surface area contributed by atoms with Gasteiger partial charge in [-0.05, 0) is 25.0 Å². The van der Waals surface area contributed by atoms with Crippen molar-refractivity contribution < 1.29 is 19.1 Å². The van der Waals surface area contributed by atoms with E-state index in [9.17, 15) is 14.0 Å². The highest BCUT2D eigenvalue weighted by atomic mass is 19.1. The van der Waals surface area contributed by atoms with Crippen LogP contribution in [0.2, 0.25) is 0 Å². The number of carbonyl (C=O) groups excluding carboxylic acids is 1. The van der Waals surface area contributed by atoms with Gasteiger partial charge in [0.25, 0.3) is 5.91 Å². The van der Waals surface area contributed by atoms with Crippen LogP contribution in [0.1, 0.15) is 29.3 Å². The normalized spacial score (nSPS) is 11.9. The summed E-state index contributed by atoms with van der Waals surface area (Å²) in [5.41, 5.74) is 0.370. The molecule has 0 heterocycles. The third-order valence-corrected chi connectivity index (χ3v) is 2.46. The number of carboxylic acid groups (broad SMARTS) is 1. The lowest BCUT2D eigenvalue weighted by molar-refractivity contribution is -0.139. The van der Waals surface area contributed by atoms with E-state index in [1.807, 2.05) is 0 Å². The second kappa shape index (κ2) is 5.43. The van der Waals surface area contributed by atoms with Crippen LogP contribution in [0.5, 0.6) is 0 Å². The van der Waals surface area contributed by atoms with Crippen LogP contribution in [0.15, 0.2) is 18.2 Å². The molecule has 0 radical (unpaired) electrons. The lowest BCUT2D eigenvalue weighted by Crippen LogP contribution is -2.40. The van der Waals surface area contributed by atoms with Gasteiger partial charge in [-0.15, -0.1) is 0 Å². The Kier molecular flexibility index (Phi) is 4.20. The molecule has 0 spiro atoms. The predicted molar refractivity (Wildman–Crippen MR) is 60.3 cm³/mol. The fourth-order valence-corrected chi connectivity index (χ4v) is 1.49. The van der Waals surface area contributed by atoms with Crippen molar-refractivity contribution >= 4 is 11.9 Å². The standard InChI is InChI=1S/C12H14FNO3/c1-3-9(12(16)17)14-11(15)10-7(2)5-4-6-8(10)13/h4-6,9H,3H2,1-2H3,(H,14,15)(H,16,17). The number of carboxylic acids is 1. The molecular weight excluding hydrogens is 225 g/mol. The Morgan fingerprint density at radius 2 is 2.12 bits per heavy atom. The van der Waals surface area contributed by atoms with Crippen LogP contribution in [-0.2, 0) is 4.79 Å². The number of nitrogens with one attached hydrogen (secondary N) is 1. The van der Waals surface area contributed by atoms with Gasteiger partial charge in [-0.25, -0.2) is 9.18 Å². The largest absolute Gasteiger partial charge is 0.480 e. The summed E-state index contributed by atoms with van der Waals surface area (Å²) in [6, 6.07) is 3.26. The Labute approximate surface area is 98.5 Å². The maximum absolute atomic E-state index is 13.4. The van der Waals surface area contributed by atoms with E-state index < -0.39 is 23.7 Å². The van der Waals surface area contributed by atoms with Crippen molar-refractivity contribution in [3.63, 3.8) is 0 Å². The molecule has 0 aliphatic heterocycles. The van der Waals surface area contributed by atoms with Crippen LogP contribution in [0.4, 0.5) is 4.39 Å². The summed E-state index contributed by atoms with van der Waals surface area (Å²) in [5, 5.41) is 11.1. The molecular formula is C12H14FNO3. The molecule has 1 amide bonds. The molecule has 0 bridgehead atoms. The highest BCUT2D eigenvalue weighted by molar-refractivity contribution is 5.98. The summed E-state index contributed by atoms with van der Waals surface area (Å²) in [6.07, 6.45) is 0.245. The molecule has 1 aromatic rings. The fraction of sp³-hybridized carbons (Fsp3) is 0.333. The summed E-state index contributed by atoms with van der Waals surface area (Å²) in [6.45, 7) is 3.23. The van der Waals surface area contributed by atoms with Crippen molar-refractivity contribution in [1.82, 2.24) is 5.32 Å². The van der Waals surface area contributed by atoms with Crippen LogP contribution in [0, 0.1) is 12.7 Å². The SMILES string of the molecule is CCC(NC(=O)c1c(C)cccc1F)C(=O)O. The summed E-state index contributed by atoms with van der Waals surface area (Å²) >= 11 is 0. The van der Waals surface area contributed by atoms with E-state index in [1.54, 1.807) is 19.9 Å². The number of hydrogen-bond acceptors (Lipinski definition) is 2. The van der Waals surface area contributed by atoms with Gasteiger partial charge in [0.1, 0.15) is 11.9 Å². The maximum Gasteiger partial charge on any atom is 0.326 e. The van der Waals surface area contributed by atoms with Crippen LogP contribution in [-0.4, -0.2) is 23.0 Å². The highest BCUT2D eigenvalue weighted by Crippen LogP contribution is 2.12. The number of rotatable bonds is 4. The summed E-state index contributed by atoms with van der Waals surface area (Å²) < 4.78 is 13.4. The molecule has 1 aromatic carbocycles. The molecule has 0 aromatic heterocycles. The molecule has 0 saturated carbocycles. The van der Waals surface area contributed by atoms with E-state index in [0.29, 0.717) is 5.56 Å². The van der Waals surface area contributed by atoms with Crippen molar-refractivity contribution in [2.24, 2.45) is 0 Å². The summed E-state index contributed by atoms with van der Waals surface area (Å²) in [4.78, 5) is 22.5. The van der Waals surface area contributed by atoms with E-state index in [4.69, 9.17) is 5.11 Å². The molecule has 4 nitrogen and oxygen atoms in total. The summed E-state index contributed by atoms with van der Waals surface area (Å²) in [7, 11) is 0. The minimum atomic E-state index is -1.13. The van der Waals surface area contributed by atoms with E-state index in [2.05, 4.69) is 5.32 Å². The first-order valence-electron chi connectivity index (χ1n) is 5.26. The minimum absolute atomic E-state index is 0.104. The van der Waals surface area contributed by atoms with E-state index in [0.717, 1.165) is 0 Å². The number of halogens is 1. The molecule has 5 heteroatoms. The number of amides is 1. The minimum Gasteiger partial charge on any atom is -0.480 e. The van der Waals surface area contributed by atoms with Crippen LogP contribution in [0.25, 0.3) is 0 Å². The highest BCUT2D eigenvalue weighted by Gasteiger charge is 2.21. The zero-order valence-corrected chi connectivity index (χ0v) is 9.66. The predicted octanol–water partition coefficient (Wildman–Crippen LogP) is 1.73. The monoisotopic (exact) mass is 239 g/mol. The number of carbonyl (C=O) groups is 2. The average Bonchev–Trinajstić information content (AvgIpc) is 2.25. The zero-order valence-electron chi connectivity index (χ0n) is 9.66. The zero-order chi connectivity index (χ0) is 13.0. The Bertz CT molecular complexity index is 425.